The topological polar surface area (TPSA) is 94.3 Å². The number of ether oxygens (including phenoxy) is 1. The molecule has 0 unspecified atom stereocenters. The van der Waals surface area contributed by atoms with Crippen LogP contribution in [0.15, 0.2) is 51.9 Å². The minimum Gasteiger partial charge on any atom is -0.496 e. The molecule has 7 nitrogen and oxygen atoms in total. The number of rotatable bonds is 7. The van der Waals surface area contributed by atoms with E-state index in [4.69, 9.17) is 9.26 Å². The molecule has 0 atom stereocenters. The Morgan fingerprint density at radius 1 is 1.15 bits per heavy atom. The van der Waals surface area contributed by atoms with E-state index in [1.54, 1.807) is 26.2 Å². The Bertz CT molecular complexity index is 1040. The van der Waals surface area contributed by atoms with Crippen molar-refractivity contribution in [1.82, 2.24) is 14.9 Å². The summed E-state index contributed by atoms with van der Waals surface area (Å²) >= 11 is 0. The fourth-order valence-corrected chi connectivity index (χ4v) is 4.02. The van der Waals surface area contributed by atoms with Crippen molar-refractivity contribution < 1.29 is 17.7 Å². The van der Waals surface area contributed by atoms with Gasteiger partial charge in [-0.25, -0.2) is 13.1 Å². The fourth-order valence-electron chi connectivity index (χ4n) is 2.66. The Morgan fingerprint density at radius 2 is 1.93 bits per heavy atom. The summed E-state index contributed by atoms with van der Waals surface area (Å²) in [6.45, 7) is 3.78. The molecule has 142 valence electrons. The van der Waals surface area contributed by atoms with Crippen LogP contribution in [0.2, 0.25) is 0 Å². The van der Waals surface area contributed by atoms with Crippen LogP contribution in [0, 0.1) is 13.8 Å². The molecule has 2 aromatic carbocycles. The van der Waals surface area contributed by atoms with Crippen LogP contribution < -0.4 is 9.46 Å². The number of methoxy groups -OCH3 is 1. The lowest BCUT2D eigenvalue weighted by atomic mass is 10.2. The zero-order valence-corrected chi connectivity index (χ0v) is 16.2. The van der Waals surface area contributed by atoms with E-state index in [-0.39, 0.29) is 17.9 Å². The third kappa shape index (κ3) is 4.35. The molecule has 3 aromatic rings. The zero-order chi connectivity index (χ0) is 19.4. The predicted octanol–water partition coefficient (Wildman–Crippen LogP) is 2.88. The molecule has 1 heterocycles. The SMILES string of the molecule is COc1ccccc1-c1noc(CCNS(=O)(=O)c2cc(C)ccc2C)n1. The maximum absolute atomic E-state index is 12.5. The summed E-state index contributed by atoms with van der Waals surface area (Å²) in [5.41, 5.74) is 2.30. The van der Waals surface area contributed by atoms with Crippen molar-refractivity contribution in [2.24, 2.45) is 0 Å². The highest BCUT2D eigenvalue weighted by molar-refractivity contribution is 7.89. The molecule has 0 spiro atoms. The smallest absolute Gasteiger partial charge is 0.240 e. The summed E-state index contributed by atoms with van der Waals surface area (Å²) in [5, 5.41) is 3.95. The van der Waals surface area contributed by atoms with E-state index < -0.39 is 10.0 Å². The van der Waals surface area contributed by atoms with Gasteiger partial charge in [-0.15, -0.1) is 0 Å². The van der Waals surface area contributed by atoms with Gasteiger partial charge in [-0.2, -0.15) is 4.98 Å². The number of para-hydroxylation sites is 1. The number of nitrogens with one attached hydrogen (secondary N) is 1. The van der Waals surface area contributed by atoms with Crippen LogP contribution in [0.3, 0.4) is 0 Å². The fraction of sp³-hybridized carbons (Fsp3) is 0.263. The largest absolute Gasteiger partial charge is 0.496 e. The van der Waals surface area contributed by atoms with E-state index >= 15 is 0 Å². The minimum absolute atomic E-state index is 0.156. The van der Waals surface area contributed by atoms with Gasteiger partial charge < -0.3 is 9.26 Å². The van der Waals surface area contributed by atoms with E-state index in [1.165, 1.54) is 0 Å². The van der Waals surface area contributed by atoms with Gasteiger partial charge in [0.1, 0.15) is 5.75 Å². The summed E-state index contributed by atoms with van der Waals surface area (Å²) in [6.07, 6.45) is 0.284. The molecule has 0 aliphatic rings. The number of sulfonamides is 1. The van der Waals surface area contributed by atoms with E-state index in [0.717, 1.165) is 5.56 Å². The number of aryl methyl sites for hydroxylation is 2. The second-order valence-corrected chi connectivity index (χ2v) is 7.86. The van der Waals surface area contributed by atoms with Crippen molar-refractivity contribution >= 4 is 10.0 Å². The number of hydrogen-bond acceptors (Lipinski definition) is 6. The van der Waals surface area contributed by atoms with Gasteiger partial charge in [-0.1, -0.05) is 29.4 Å². The average Bonchev–Trinajstić information content (AvgIpc) is 3.12. The summed E-state index contributed by atoms with van der Waals surface area (Å²) in [5.74, 6) is 1.39. The number of benzene rings is 2. The Morgan fingerprint density at radius 3 is 2.70 bits per heavy atom. The highest BCUT2D eigenvalue weighted by atomic mass is 32.2. The van der Waals surface area contributed by atoms with E-state index in [0.29, 0.717) is 28.6 Å². The van der Waals surface area contributed by atoms with Gasteiger partial charge in [0.2, 0.25) is 21.7 Å². The molecule has 0 bridgehead atoms. The van der Waals surface area contributed by atoms with Crippen molar-refractivity contribution in [2.45, 2.75) is 25.2 Å². The van der Waals surface area contributed by atoms with Gasteiger partial charge in [-0.05, 0) is 43.2 Å². The van der Waals surface area contributed by atoms with Gasteiger partial charge in [0.05, 0.1) is 17.6 Å². The lowest BCUT2D eigenvalue weighted by molar-refractivity contribution is 0.378. The third-order valence-electron chi connectivity index (χ3n) is 4.08. The Kier molecular flexibility index (Phi) is 5.57. The molecule has 0 fully saturated rings. The normalized spacial score (nSPS) is 11.5. The first-order chi connectivity index (χ1) is 12.9. The van der Waals surface area contributed by atoms with Crippen LogP contribution >= 0.6 is 0 Å². The van der Waals surface area contributed by atoms with E-state index in [1.807, 2.05) is 37.3 Å². The van der Waals surface area contributed by atoms with Gasteiger partial charge in [0, 0.05) is 13.0 Å². The first-order valence-electron chi connectivity index (χ1n) is 8.43. The first-order valence-corrected chi connectivity index (χ1v) is 9.92. The van der Waals surface area contributed by atoms with Crippen molar-refractivity contribution in [1.29, 1.82) is 0 Å². The van der Waals surface area contributed by atoms with Gasteiger partial charge >= 0.3 is 0 Å². The monoisotopic (exact) mass is 387 g/mol. The van der Waals surface area contributed by atoms with Crippen LogP contribution in [-0.4, -0.2) is 32.2 Å². The van der Waals surface area contributed by atoms with Crippen LogP contribution in [0.4, 0.5) is 0 Å². The molecule has 27 heavy (non-hydrogen) atoms. The van der Waals surface area contributed by atoms with E-state index in [2.05, 4.69) is 14.9 Å². The van der Waals surface area contributed by atoms with Gasteiger partial charge in [0.25, 0.3) is 0 Å². The van der Waals surface area contributed by atoms with Crippen LogP contribution in [0.5, 0.6) is 5.75 Å². The molecule has 8 heteroatoms. The van der Waals surface area contributed by atoms with Crippen LogP contribution in [0.1, 0.15) is 17.0 Å². The second kappa shape index (κ2) is 7.89. The number of hydrogen-bond donors (Lipinski definition) is 1. The molecule has 1 N–H and O–H groups in total. The number of nitrogens with zero attached hydrogens (tertiary/aromatic N) is 2. The summed E-state index contributed by atoms with van der Waals surface area (Å²) < 4.78 is 38.1. The highest BCUT2D eigenvalue weighted by Crippen LogP contribution is 2.27. The van der Waals surface area contributed by atoms with Crippen molar-refractivity contribution in [3.8, 4) is 17.1 Å². The van der Waals surface area contributed by atoms with Crippen LogP contribution in [-0.2, 0) is 16.4 Å². The predicted molar refractivity (Wildman–Crippen MR) is 101 cm³/mol. The molecule has 0 aliphatic heterocycles. The van der Waals surface area contributed by atoms with E-state index in [9.17, 15) is 8.42 Å². The molecular weight excluding hydrogens is 366 g/mol. The molecule has 1 aromatic heterocycles. The lowest BCUT2D eigenvalue weighted by Crippen LogP contribution is -2.26. The maximum Gasteiger partial charge on any atom is 0.240 e. The average molecular weight is 387 g/mol. The third-order valence-corrected chi connectivity index (χ3v) is 5.68. The molecule has 0 saturated carbocycles. The molecule has 3 rings (SSSR count). The summed E-state index contributed by atoms with van der Waals surface area (Å²) in [7, 11) is -2.03. The molecule has 0 amide bonds. The maximum atomic E-state index is 12.5. The number of aromatic nitrogens is 2. The lowest BCUT2D eigenvalue weighted by Gasteiger charge is -2.09. The second-order valence-electron chi connectivity index (χ2n) is 6.13. The molecule has 0 saturated heterocycles. The summed E-state index contributed by atoms with van der Waals surface area (Å²) in [6, 6.07) is 12.7. The standard InChI is InChI=1S/C19H21N3O4S/c1-13-8-9-14(2)17(12-13)27(23,24)20-11-10-18-21-19(22-26-18)15-6-4-5-7-16(15)25-3/h4-9,12,20H,10-11H2,1-3H3. The Labute approximate surface area is 158 Å². The van der Waals surface area contributed by atoms with Crippen molar-refractivity contribution in [2.75, 3.05) is 13.7 Å². The molecular formula is C19H21N3O4S. The highest BCUT2D eigenvalue weighted by Gasteiger charge is 2.18. The Balaban J connectivity index is 1.68. The zero-order valence-electron chi connectivity index (χ0n) is 15.4. The van der Waals surface area contributed by atoms with Gasteiger partial charge in [0.15, 0.2) is 0 Å². The van der Waals surface area contributed by atoms with Crippen LogP contribution in [0.25, 0.3) is 11.4 Å². The Hall–Kier alpha value is -2.71. The van der Waals surface area contributed by atoms with Crippen molar-refractivity contribution in [3.05, 3.63) is 59.5 Å². The first kappa shape index (κ1) is 19.1. The minimum atomic E-state index is -3.60. The van der Waals surface area contributed by atoms with Crippen molar-refractivity contribution in [3.63, 3.8) is 0 Å². The molecule has 0 aliphatic carbocycles. The molecule has 0 radical (unpaired) electrons. The summed E-state index contributed by atoms with van der Waals surface area (Å²) in [4.78, 5) is 4.60. The quantitative estimate of drug-likeness (QED) is 0.670. The van der Waals surface area contributed by atoms with Gasteiger partial charge in [-0.3, -0.25) is 0 Å².